The molecule has 0 fully saturated rings. The average molecular weight is 706 g/mol. The van der Waals surface area contributed by atoms with Crippen LogP contribution in [-0.2, 0) is 35.1 Å². The number of alkyl halides is 1. The summed E-state index contributed by atoms with van der Waals surface area (Å²) in [4.78, 5) is 53.3. The lowest BCUT2D eigenvalue weighted by Gasteiger charge is -2.32. The molecule has 12 heteroatoms. The SMILES string of the molecule is COc1ccc(C[C@@H]2NC(=O)/C=C/C[C@@H]([C@H](C)[C@@H](O)[C@@H](Cl)c3ccccc3)OC(=O)[C@H](CC(C)(C)C)OC(=O)[C@H](C)CNC2=O)cc1Cl. The first-order valence-electron chi connectivity index (χ1n) is 15.9. The molecule has 2 aromatic carbocycles. The van der Waals surface area contributed by atoms with Gasteiger partial charge in [-0.25, -0.2) is 4.79 Å². The second-order valence-electron chi connectivity index (χ2n) is 13.3. The number of cyclic esters (lactones) is 2. The highest BCUT2D eigenvalue weighted by Gasteiger charge is 2.37. The van der Waals surface area contributed by atoms with Crippen LogP contribution < -0.4 is 15.4 Å². The predicted molar refractivity (Wildman–Crippen MR) is 184 cm³/mol. The number of rotatable bonds is 8. The Hall–Kier alpha value is -3.60. The number of aliphatic hydroxyl groups is 1. The van der Waals surface area contributed by atoms with E-state index in [4.69, 9.17) is 37.4 Å². The molecule has 262 valence electrons. The van der Waals surface area contributed by atoms with Crippen molar-refractivity contribution in [2.75, 3.05) is 13.7 Å². The molecule has 2 aromatic rings. The molecule has 7 atom stereocenters. The van der Waals surface area contributed by atoms with Crippen LogP contribution in [0.1, 0.15) is 64.0 Å². The van der Waals surface area contributed by atoms with Gasteiger partial charge in [-0.05, 0) is 34.8 Å². The largest absolute Gasteiger partial charge is 0.495 e. The van der Waals surface area contributed by atoms with Crippen LogP contribution in [0.4, 0.5) is 0 Å². The number of ether oxygens (including phenoxy) is 3. The fourth-order valence-corrected chi connectivity index (χ4v) is 5.83. The van der Waals surface area contributed by atoms with Crippen molar-refractivity contribution >= 4 is 47.0 Å². The Labute approximate surface area is 292 Å². The van der Waals surface area contributed by atoms with Crippen molar-refractivity contribution in [1.29, 1.82) is 0 Å². The van der Waals surface area contributed by atoms with Crippen LogP contribution in [0.5, 0.6) is 5.75 Å². The van der Waals surface area contributed by atoms with Crippen molar-refractivity contribution in [2.45, 2.75) is 83.6 Å². The molecule has 10 nitrogen and oxygen atoms in total. The molecule has 0 aliphatic carbocycles. The molecule has 0 unspecified atom stereocenters. The van der Waals surface area contributed by atoms with E-state index in [0.29, 0.717) is 21.9 Å². The highest BCUT2D eigenvalue weighted by Crippen LogP contribution is 2.32. The van der Waals surface area contributed by atoms with Gasteiger partial charge >= 0.3 is 11.9 Å². The summed E-state index contributed by atoms with van der Waals surface area (Å²) in [7, 11) is 1.49. The van der Waals surface area contributed by atoms with E-state index >= 15 is 0 Å². The Kier molecular flexibility index (Phi) is 14.3. The minimum absolute atomic E-state index is 0.0212. The zero-order valence-electron chi connectivity index (χ0n) is 28.2. The first-order valence-corrected chi connectivity index (χ1v) is 16.8. The maximum absolute atomic E-state index is 13.6. The first kappa shape index (κ1) is 38.8. The summed E-state index contributed by atoms with van der Waals surface area (Å²) in [6, 6.07) is 13.0. The number of carbonyl (C=O) groups is 4. The molecule has 1 aliphatic rings. The van der Waals surface area contributed by atoms with E-state index in [9.17, 15) is 24.3 Å². The maximum atomic E-state index is 13.6. The van der Waals surface area contributed by atoms with Crippen molar-refractivity contribution in [1.82, 2.24) is 10.6 Å². The van der Waals surface area contributed by atoms with Crippen LogP contribution in [0, 0.1) is 17.3 Å². The van der Waals surface area contributed by atoms with Crippen LogP contribution >= 0.6 is 23.2 Å². The fraction of sp³-hybridized carbons (Fsp3) is 0.500. The maximum Gasteiger partial charge on any atom is 0.347 e. The normalized spacial score (nSPS) is 24.3. The van der Waals surface area contributed by atoms with E-state index in [1.165, 1.54) is 19.3 Å². The van der Waals surface area contributed by atoms with Gasteiger partial charge in [0.1, 0.15) is 17.9 Å². The van der Waals surface area contributed by atoms with Gasteiger partial charge in [0.15, 0.2) is 6.10 Å². The molecular weight excluding hydrogens is 659 g/mol. The van der Waals surface area contributed by atoms with Gasteiger partial charge in [0.25, 0.3) is 0 Å². The summed E-state index contributed by atoms with van der Waals surface area (Å²) in [6.45, 7) is 8.85. The minimum atomic E-state index is -1.25. The molecule has 0 saturated heterocycles. The van der Waals surface area contributed by atoms with Crippen LogP contribution in [-0.4, -0.2) is 66.9 Å². The number of amides is 2. The molecule has 0 spiro atoms. The number of aliphatic hydroxyl groups excluding tert-OH is 1. The third kappa shape index (κ3) is 11.5. The van der Waals surface area contributed by atoms with E-state index in [-0.39, 0.29) is 25.8 Å². The fourth-order valence-electron chi connectivity index (χ4n) is 5.17. The van der Waals surface area contributed by atoms with Gasteiger partial charge in [-0.1, -0.05) is 88.7 Å². The molecule has 1 heterocycles. The van der Waals surface area contributed by atoms with E-state index in [1.54, 1.807) is 56.3 Å². The standard InChI is InChI=1S/C36H46Cl2N2O8/c1-21-20-39-33(43)26(18-23-15-16-28(46-6)25(37)17-23)40-30(41)14-10-13-27(22(2)32(42)31(38)24-11-8-7-9-12-24)47-35(45)29(48-34(21)44)19-36(3,4)5/h7-12,14-17,21-22,26-27,29,31-32,42H,13,18-20H2,1-6H3,(H,39,43)(H,40,41)/b14-10+/t21-,22+,26+,27+,29+,31+,32-/m1/s1. The van der Waals surface area contributed by atoms with E-state index in [1.807, 2.05) is 26.8 Å². The van der Waals surface area contributed by atoms with Gasteiger partial charge < -0.3 is 30.0 Å². The molecule has 2 amide bonds. The summed E-state index contributed by atoms with van der Waals surface area (Å²) < 4.78 is 16.8. The lowest BCUT2D eigenvalue weighted by Crippen LogP contribution is -2.49. The van der Waals surface area contributed by atoms with Crippen molar-refractivity contribution in [3.63, 3.8) is 0 Å². The second kappa shape index (κ2) is 17.7. The highest BCUT2D eigenvalue weighted by atomic mass is 35.5. The number of methoxy groups -OCH3 is 1. The number of nitrogens with one attached hydrogen (secondary N) is 2. The third-order valence-corrected chi connectivity index (χ3v) is 8.85. The Morgan fingerprint density at radius 2 is 1.73 bits per heavy atom. The van der Waals surface area contributed by atoms with Crippen molar-refractivity contribution in [3.8, 4) is 5.75 Å². The Morgan fingerprint density at radius 3 is 2.35 bits per heavy atom. The molecule has 48 heavy (non-hydrogen) atoms. The molecule has 0 radical (unpaired) electrons. The number of hydrogen-bond donors (Lipinski definition) is 3. The Bertz CT molecular complexity index is 1450. The number of esters is 2. The van der Waals surface area contributed by atoms with Gasteiger partial charge in [0, 0.05) is 31.7 Å². The number of halogens is 2. The number of hydrogen-bond acceptors (Lipinski definition) is 8. The van der Waals surface area contributed by atoms with Crippen molar-refractivity contribution in [2.24, 2.45) is 17.3 Å². The van der Waals surface area contributed by atoms with Gasteiger partial charge in [0.2, 0.25) is 11.8 Å². The minimum Gasteiger partial charge on any atom is -0.495 e. The van der Waals surface area contributed by atoms with Gasteiger partial charge in [-0.3, -0.25) is 14.4 Å². The van der Waals surface area contributed by atoms with E-state index in [2.05, 4.69) is 10.6 Å². The molecule has 1 aliphatic heterocycles. The predicted octanol–water partition coefficient (Wildman–Crippen LogP) is 5.33. The van der Waals surface area contributed by atoms with Gasteiger partial charge in [-0.15, -0.1) is 11.6 Å². The van der Waals surface area contributed by atoms with Crippen LogP contribution in [0.15, 0.2) is 60.7 Å². The van der Waals surface area contributed by atoms with Crippen LogP contribution in [0.25, 0.3) is 0 Å². The Morgan fingerprint density at radius 1 is 1.04 bits per heavy atom. The quantitative estimate of drug-likeness (QED) is 0.248. The summed E-state index contributed by atoms with van der Waals surface area (Å²) in [5, 5.41) is 16.2. The zero-order chi connectivity index (χ0) is 35.6. The molecule has 0 aromatic heterocycles. The van der Waals surface area contributed by atoms with E-state index in [0.717, 1.165) is 0 Å². The van der Waals surface area contributed by atoms with Crippen molar-refractivity contribution in [3.05, 3.63) is 76.8 Å². The topological polar surface area (TPSA) is 140 Å². The smallest absolute Gasteiger partial charge is 0.347 e. The van der Waals surface area contributed by atoms with Crippen molar-refractivity contribution < 1.29 is 38.5 Å². The lowest BCUT2D eigenvalue weighted by atomic mass is 9.88. The van der Waals surface area contributed by atoms with Crippen LogP contribution in [0.3, 0.4) is 0 Å². The summed E-state index contributed by atoms with van der Waals surface area (Å²) in [5.74, 6) is -3.65. The molecule has 0 saturated carbocycles. The molecule has 3 N–H and O–H groups in total. The number of benzene rings is 2. The second-order valence-corrected chi connectivity index (χ2v) is 14.2. The van der Waals surface area contributed by atoms with Gasteiger partial charge in [-0.2, -0.15) is 0 Å². The lowest BCUT2D eigenvalue weighted by molar-refractivity contribution is -0.178. The van der Waals surface area contributed by atoms with Crippen LogP contribution in [0.2, 0.25) is 5.02 Å². The Balaban J connectivity index is 1.94. The average Bonchev–Trinajstić information content (AvgIpc) is 3.04. The van der Waals surface area contributed by atoms with E-state index < -0.39 is 70.7 Å². The zero-order valence-corrected chi connectivity index (χ0v) is 29.7. The highest BCUT2D eigenvalue weighted by molar-refractivity contribution is 6.32. The third-order valence-electron chi connectivity index (χ3n) is 8.04. The molecule has 0 bridgehead atoms. The van der Waals surface area contributed by atoms with Gasteiger partial charge in [0.05, 0.1) is 29.5 Å². The summed E-state index contributed by atoms with van der Waals surface area (Å²) >= 11 is 13.0. The first-order chi connectivity index (χ1) is 22.6. The summed E-state index contributed by atoms with van der Waals surface area (Å²) in [6.07, 6.45) is -0.322. The summed E-state index contributed by atoms with van der Waals surface area (Å²) in [5.41, 5.74) is 0.928. The molecular formula is C36H46Cl2N2O8. The number of carbonyl (C=O) groups excluding carboxylic acids is 4. The monoisotopic (exact) mass is 704 g/mol. The molecule has 3 rings (SSSR count).